The first-order chi connectivity index (χ1) is 14.1. The van der Waals surface area contributed by atoms with Gasteiger partial charge in [0.2, 0.25) is 11.8 Å². The lowest BCUT2D eigenvalue weighted by atomic mass is 10.2. The Balaban J connectivity index is 1.66. The summed E-state index contributed by atoms with van der Waals surface area (Å²) in [6.45, 7) is 6.23. The Bertz CT molecular complexity index is 965. The number of thioether (sulfide) groups is 1. The second-order valence-electron chi connectivity index (χ2n) is 6.76. The molecule has 0 radical (unpaired) electrons. The highest BCUT2D eigenvalue weighted by atomic mass is 32.2. The Morgan fingerprint density at radius 2 is 1.69 bits per heavy atom. The SMILES string of the molecule is CCN(CC)C(=O)Cn1cc(SCC(=O)NCc2ccccc2)c2ccccc21. The predicted octanol–water partition coefficient (Wildman–Crippen LogP) is 3.92. The van der Waals surface area contributed by atoms with Crippen molar-refractivity contribution < 1.29 is 9.59 Å². The van der Waals surface area contributed by atoms with Crippen LogP contribution < -0.4 is 5.32 Å². The second kappa shape index (κ2) is 10.2. The number of rotatable bonds is 9. The van der Waals surface area contributed by atoms with Crippen LogP contribution in [0.2, 0.25) is 0 Å². The van der Waals surface area contributed by atoms with Crippen LogP contribution in [-0.2, 0) is 22.7 Å². The summed E-state index contributed by atoms with van der Waals surface area (Å²) >= 11 is 1.50. The Hall–Kier alpha value is -2.73. The summed E-state index contributed by atoms with van der Waals surface area (Å²) < 4.78 is 1.99. The molecule has 1 N–H and O–H groups in total. The number of amides is 2. The van der Waals surface area contributed by atoms with Crippen LogP contribution in [0, 0.1) is 0 Å². The summed E-state index contributed by atoms with van der Waals surface area (Å²) in [6, 6.07) is 17.9. The highest BCUT2D eigenvalue weighted by Gasteiger charge is 2.15. The minimum Gasteiger partial charge on any atom is -0.351 e. The Morgan fingerprint density at radius 1 is 1.00 bits per heavy atom. The summed E-state index contributed by atoms with van der Waals surface area (Å²) in [7, 11) is 0. The Kier molecular flexibility index (Phi) is 7.36. The number of para-hydroxylation sites is 1. The van der Waals surface area contributed by atoms with Gasteiger partial charge in [0.25, 0.3) is 0 Å². The van der Waals surface area contributed by atoms with Crippen LogP contribution in [0.3, 0.4) is 0 Å². The fourth-order valence-electron chi connectivity index (χ4n) is 3.27. The van der Waals surface area contributed by atoms with E-state index in [1.807, 2.05) is 84.1 Å². The third-order valence-corrected chi connectivity index (χ3v) is 5.91. The van der Waals surface area contributed by atoms with Gasteiger partial charge < -0.3 is 14.8 Å². The molecule has 0 fully saturated rings. The smallest absolute Gasteiger partial charge is 0.242 e. The highest BCUT2D eigenvalue weighted by molar-refractivity contribution is 8.00. The van der Waals surface area contributed by atoms with E-state index in [1.165, 1.54) is 11.8 Å². The molecule has 3 aromatic rings. The lowest BCUT2D eigenvalue weighted by Crippen LogP contribution is -2.33. The number of fused-ring (bicyclic) bond motifs is 1. The number of benzene rings is 2. The summed E-state index contributed by atoms with van der Waals surface area (Å²) in [6.07, 6.45) is 1.99. The number of carbonyl (C=O) groups excluding carboxylic acids is 2. The average molecular weight is 410 g/mol. The number of hydrogen-bond acceptors (Lipinski definition) is 3. The van der Waals surface area contributed by atoms with Crippen molar-refractivity contribution in [1.82, 2.24) is 14.8 Å². The molecular formula is C23H27N3O2S. The van der Waals surface area contributed by atoms with E-state index in [0.29, 0.717) is 31.9 Å². The van der Waals surface area contributed by atoms with E-state index in [1.54, 1.807) is 0 Å². The second-order valence-corrected chi connectivity index (χ2v) is 7.77. The molecule has 5 nitrogen and oxygen atoms in total. The molecule has 1 aromatic heterocycles. The normalized spacial score (nSPS) is 10.8. The van der Waals surface area contributed by atoms with Crippen molar-refractivity contribution in [2.45, 2.75) is 31.8 Å². The molecule has 2 aromatic carbocycles. The third kappa shape index (κ3) is 5.41. The maximum absolute atomic E-state index is 12.5. The lowest BCUT2D eigenvalue weighted by molar-refractivity contribution is -0.131. The van der Waals surface area contributed by atoms with Crippen LogP contribution in [0.5, 0.6) is 0 Å². The van der Waals surface area contributed by atoms with Gasteiger partial charge in [-0.2, -0.15) is 0 Å². The fourth-order valence-corrected chi connectivity index (χ4v) is 4.19. The number of likely N-dealkylation sites (N-methyl/N-ethyl adjacent to an activating group) is 1. The van der Waals surface area contributed by atoms with E-state index in [9.17, 15) is 9.59 Å². The molecule has 0 unspecified atom stereocenters. The minimum absolute atomic E-state index is 0.00472. The molecular weight excluding hydrogens is 382 g/mol. The van der Waals surface area contributed by atoms with E-state index >= 15 is 0 Å². The molecule has 1 heterocycles. The van der Waals surface area contributed by atoms with Crippen LogP contribution in [0.1, 0.15) is 19.4 Å². The van der Waals surface area contributed by atoms with Gasteiger partial charge in [-0.15, -0.1) is 11.8 Å². The average Bonchev–Trinajstić information content (AvgIpc) is 3.10. The number of aromatic nitrogens is 1. The van der Waals surface area contributed by atoms with Crippen LogP contribution >= 0.6 is 11.8 Å². The summed E-state index contributed by atoms with van der Waals surface area (Å²) in [5.74, 6) is 0.438. The quantitative estimate of drug-likeness (QED) is 0.545. The van der Waals surface area contributed by atoms with Gasteiger partial charge in [0.1, 0.15) is 6.54 Å². The van der Waals surface area contributed by atoms with Gasteiger partial charge in [-0.05, 0) is 25.5 Å². The molecule has 0 aliphatic rings. The Morgan fingerprint density at radius 3 is 2.41 bits per heavy atom. The first-order valence-electron chi connectivity index (χ1n) is 9.91. The maximum atomic E-state index is 12.5. The van der Waals surface area contributed by atoms with Crippen LogP contribution in [-0.4, -0.2) is 40.1 Å². The third-order valence-electron chi connectivity index (χ3n) is 4.87. The number of carbonyl (C=O) groups is 2. The number of nitrogens with zero attached hydrogens (tertiary/aromatic N) is 2. The first kappa shape index (κ1) is 21.0. The van der Waals surface area contributed by atoms with Crippen LogP contribution in [0.15, 0.2) is 65.7 Å². The van der Waals surface area contributed by atoms with Gasteiger partial charge in [0.15, 0.2) is 0 Å². The maximum Gasteiger partial charge on any atom is 0.242 e. The summed E-state index contributed by atoms with van der Waals surface area (Å²) in [4.78, 5) is 27.7. The molecule has 0 saturated carbocycles. The van der Waals surface area contributed by atoms with Gasteiger partial charge >= 0.3 is 0 Å². The van der Waals surface area contributed by atoms with Crippen molar-refractivity contribution in [3.8, 4) is 0 Å². The van der Waals surface area contributed by atoms with E-state index in [2.05, 4.69) is 5.32 Å². The Labute approximate surface area is 176 Å². The van der Waals surface area contributed by atoms with Gasteiger partial charge in [-0.25, -0.2) is 0 Å². The van der Waals surface area contributed by atoms with Crippen LogP contribution in [0.25, 0.3) is 10.9 Å². The standard InChI is InChI=1S/C23H27N3O2S/c1-3-25(4-2)23(28)16-26-15-21(19-12-8-9-13-20(19)26)29-17-22(27)24-14-18-10-6-5-7-11-18/h5-13,15H,3-4,14,16-17H2,1-2H3,(H,24,27). The zero-order valence-electron chi connectivity index (χ0n) is 16.9. The molecule has 0 saturated heterocycles. The van der Waals surface area contributed by atoms with Crippen molar-refractivity contribution in [2.75, 3.05) is 18.8 Å². The highest BCUT2D eigenvalue weighted by Crippen LogP contribution is 2.30. The predicted molar refractivity (Wildman–Crippen MR) is 119 cm³/mol. The molecule has 0 aliphatic heterocycles. The summed E-state index contributed by atoms with van der Waals surface area (Å²) in [5, 5.41) is 4.03. The van der Waals surface area contributed by atoms with Crippen molar-refractivity contribution in [3.05, 3.63) is 66.4 Å². The van der Waals surface area contributed by atoms with Crippen molar-refractivity contribution in [2.24, 2.45) is 0 Å². The monoisotopic (exact) mass is 409 g/mol. The molecule has 0 bridgehead atoms. The topological polar surface area (TPSA) is 54.3 Å². The van der Waals surface area contributed by atoms with Gasteiger partial charge in [-0.1, -0.05) is 48.5 Å². The summed E-state index contributed by atoms with van der Waals surface area (Å²) in [5.41, 5.74) is 2.09. The van der Waals surface area contributed by atoms with Gasteiger partial charge in [0.05, 0.1) is 5.75 Å². The zero-order chi connectivity index (χ0) is 20.6. The molecule has 152 valence electrons. The van der Waals surface area contributed by atoms with Crippen LogP contribution in [0.4, 0.5) is 0 Å². The molecule has 29 heavy (non-hydrogen) atoms. The van der Waals surface area contributed by atoms with E-state index < -0.39 is 0 Å². The molecule has 6 heteroatoms. The molecule has 0 spiro atoms. The molecule has 0 atom stereocenters. The molecule has 3 rings (SSSR count). The lowest BCUT2D eigenvalue weighted by Gasteiger charge is -2.19. The molecule has 2 amide bonds. The van der Waals surface area contributed by atoms with Gasteiger partial charge in [0, 0.05) is 41.6 Å². The van der Waals surface area contributed by atoms with E-state index in [0.717, 1.165) is 21.4 Å². The largest absolute Gasteiger partial charge is 0.351 e. The fraction of sp³-hybridized carbons (Fsp3) is 0.304. The number of hydrogen-bond donors (Lipinski definition) is 1. The van der Waals surface area contributed by atoms with E-state index in [4.69, 9.17) is 0 Å². The zero-order valence-corrected chi connectivity index (χ0v) is 17.7. The first-order valence-corrected chi connectivity index (χ1v) is 10.9. The molecule has 0 aliphatic carbocycles. The van der Waals surface area contributed by atoms with Crippen molar-refractivity contribution >= 4 is 34.5 Å². The van der Waals surface area contributed by atoms with E-state index in [-0.39, 0.29) is 11.8 Å². The minimum atomic E-state index is -0.00472. The van der Waals surface area contributed by atoms with Gasteiger partial charge in [-0.3, -0.25) is 9.59 Å². The number of nitrogens with one attached hydrogen (secondary N) is 1. The van der Waals surface area contributed by atoms with Crippen molar-refractivity contribution in [3.63, 3.8) is 0 Å². The van der Waals surface area contributed by atoms with Crippen molar-refractivity contribution in [1.29, 1.82) is 0 Å².